The molecule has 132 valence electrons. The molecule has 0 saturated heterocycles. The van der Waals surface area contributed by atoms with Gasteiger partial charge in [-0.05, 0) is 52.0 Å². The zero-order chi connectivity index (χ0) is 18.6. The van der Waals surface area contributed by atoms with E-state index >= 15 is 0 Å². The molecular weight excluding hydrogens is 340 g/mol. The van der Waals surface area contributed by atoms with E-state index in [1.165, 1.54) is 6.92 Å². The molecule has 2 rings (SSSR count). The minimum Gasteiger partial charge on any atom is -0.494 e. The molecule has 0 bridgehead atoms. The first-order chi connectivity index (χ1) is 11.8. The van der Waals surface area contributed by atoms with Gasteiger partial charge in [-0.3, -0.25) is 9.59 Å². The molecule has 1 N–H and O–H groups in total. The molecule has 1 heterocycles. The van der Waals surface area contributed by atoms with E-state index in [0.29, 0.717) is 29.2 Å². The maximum absolute atomic E-state index is 12.6. The van der Waals surface area contributed by atoms with Gasteiger partial charge in [0.05, 0.1) is 17.4 Å². The second kappa shape index (κ2) is 8.11. The Morgan fingerprint density at radius 2 is 1.92 bits per heavy atom. The third kappa shape index (κ3) is 4.57. The fourth-order valence-corrected chi connectivity index (χ4v) is 3.53. The molecule has 1 aromatic heterocycles. The number of nitrogens with one attached hydrogen (secondary N) is 1. The van der Waals surface area contributed by atoms with Crippen LogP contribution in [0.3, 0.4) is 0 Å². The van der Waals surface area contributed by atoms with E-state index in [9.17, 15) is 14.4 Å². The summed E-state index contributed by atoms with van der Waals surface area (Å²) in [4.78, 5) is 42.5. The Kier molecular flexibility index (Phi) is 6.14. The van der Waals surface area contributed by atoms with E-state index in [1.54, 1.807) is 38.1 Å². The van der Waals surface area contributed by atoms with E-state index in [0.717, 1.165) is 11.8 Å². The molecule has 0 aliphatic heterocycles. The second-order valence-corrected chi connectivity index (χ2v) is 6.81. The highest BCUT2D eigenvalue weighted by atomic mass is 32.2. The van der Waals surface area contributed by atoms with E-state index < -0.39 is 10.9 Å². The Hall–Kier alpha value is -2.41. The summed E-state index contributed by atoms with van der Waals surface area (Å²) >= 11 is 1.11. The maximum atomic E-state index is 12.6. The van der Waals surface area contributed by atoms with E-state index in [1.807, 2.05) is 6.92 Å². The Balaban J connectivity index is 2.24. The van der Waals surface area contributed by atoms with Crippen molar-refractivity contribution in [1.29, 1.82) is 0 Å². The number of thioether (sulfide) groups is 1. The summed E-state index contributed by atoms with van der Waals surface area (Å²) in [5.41, 5.74) is 0.798. The lowest BCUT2D eigenvalue weighted by atomic mass is 10.1. The van der Waals surface area contributed by atoms with Crippen molar-refractivity contribution in [2.24, 2.45) is 0 Å². The highest BCUT2D eigenvalue weighted by molar-refractivity contribution is 8.00. The zero-order valence-corrected chi connectivity index (χ0v) is 15.4. The Labute approximate surface area is 150 Å². The van der Waals surface area contributed by atoms with Gasteiger partial charge in [0.1, 0.15) is 10.8 Å². The van der Waals surface area contributed by atoms with Gasteiger partial charge < -0.3 is 9.72 Å². The SMILES string of the molecule is CCOc1ccc(C(=O)[C@@H](C)Sc2nc(=O)[nH]c(C)c2C(C)=O)cc1. The third-order valence-electron chi connectivity index (χ3n) is 3.55. The molecule has 0 spiro atoms. The summed E-state index contributed by atoms with van der Waals surface area (Å²) in [5, 5.41) is -0.217. The molecule has 0 unspecified atom stereocenters. The second-order valence-electron chi connectivity index (χ2n) is 5.49. The number of H-pyrrole nitrogens is 1. The van der Waals surface area contributed by atoms with Crippen LogP contribution in [0, 0.1) is 6.92 Å². The molecule has 0 aliphatic rings. The topological polar surface area (TPSA) is 89.1 Å². The Morgan fingerprint density at radius 1 is 1.28 bits per heavy atom. The number of aromatic nitrogens is 2. The molecule has 0 aliphatic carbocycles. The molecule has 1 atom stereocenters. The highest BCUT2D eigenvalue weighted by Crippen LogP contribution is 2.28. The van der Waals surface area contributed by atoms with Crippen molar-refractivity contribution in [3.63, 3.8) is 0 Å². The van der Waals surface area contributed by atoms with Crippen molar-refractivity contribution < 1.29 is 14.3 Å². The van der Waals surface area contributed by atoms with Crippen LogP contribution >= 0.6 is 11.8 Å². The number of hydrogen-bond donors (Lipinski definition) is 1. The number of benzene rings is 1. The van der Waals surface area contributed by atoms with Crippen LogP contribution in [0.2, 0.25) is 0 Å². The Bertz CT molecular complexity index is 843. The van der Waals surface area contributed by atoms with Gasteiger partial charge in [0.25, 0.3) is 0 Å². The van der Waals surface area contributed by atoms with Gasteiger partial charge >= 0.3 is 5.69 Å². The number of Topliss-reactive ketones (excluding diaryl/α,β-unsaturated/α-hetero) is 2. The number of ketones is 2. The van der Waals surface area contributed by atoms with Crippen LogP contribution in [-0.2, 0) is 0 Å². The zero-order valence-electron chi connectivity index (χ0n) is 14.6. The minimum atomic E-state index is -0.536. The van der Waals surface area contributed by atoms with E-state index in [4.69, 9.17) is 4.74 Å². The van der Waals surface area contributed by atoms with Crippen molar-refractivity contribution in [1.82, 2.24) is 9.97 Å². The van der Waals surface area contributed by atoms with Gasteiger partial charge in [-0.1, -0.05) is 11.8 Å². The number of hydrogen-bond acceptors (Lipinski definition) is 6. The lowest BCUT2D eigenvalue weighted by Crippen LogP contribution is -2.20. The fraction of sp³-hybridized carbons (Fsp3) is 0.333. The van der Waals surface area contributed by atoms with Crippen LogP contribution in [0.25, 0.3) is 0 Å². The molecule has 25 heavy (non-hydrogen) atoms. The largest absolute Gasteiger partial charge is 0.494 e. The number of nitrogens with zero attached hydrogens (tertiary/aromatic N) is 1. The monoisotopic (exact) mass is 360 g/mol. The number of carbonyl (C=O) groups excluding carboxylic acids is 2. The molecule has 6 nitrogen and oxygen atoms in total. The first-order valence-corrected chi connectivity index (χ1v) is 8.77. The number of ether oxygens (including phenoxy) is 1. The quantitative estimate of drug-likeness (QED) is 0.464. The summed E-state index contributed by atoms with van der Waals surface area (Å²) < 4.78 is 5.36. The summed E-state index contributed by atoms with van der Waals surface area (Å²) in [7, 11) is 0. The van der Waals surface area contributed by atoms with E-state index in [-0.39, 0.29) is 16.6 Å². The number of carbonyl (C=O) groups is 2. The van der Waals surface area contributed by atoms with Gasteiger partial charge in [-0.2, -0.15) is 4.98 Å². The first kappa shape index (κ1) is 18.9. The third-order valence-corrected chi connectivity index (χ3v) is 4.63. The van der Waals surface area contributed by atoms with Crippen LogP contribution in [0.4, 0.5) is 0 Å². The average Bonchev–Trinajstić information content (AvgIpc) is 2.54. The van der Waals surface area contributed by atoms with Crippen molar-refractivity contribution >= 4 is 23.3 Å². The summed E-state index contributed by atoms with van der Waals surface area (Å²) in [6, 6.07) is 6.88. The molecule has 0 fully saturated rings. The summed E-state index contributed by atoms with van der Waals surface area (Å²) in [5.74, 6) is 0.386. The van der Waals surface area contributed by atoms with Gasteiger partial charge in [0.2, 0.25) is 0 Å². The molecule has 7 heteroatoms. The van der Waals surface area contributed by atoms with Gasteiger partial charge in [-0.25, -0.2) is 4.79 Å². The first-order valence-electron chi connectivity index (χ1n) is 7.89. The van der Waals surface area contributed by atoms with Gasteiger partial charge in [-0.15, -0.1) is 0 Å². The number of aromatic amines is 1. The van der Waals surface area contributed by atoms with Crippen molar-refractivity contribution in [3.8, 4) is 5.75 Å². The van der Waals surface area contributed by atoms with Crippen molar-refractivity contribution in [2.45, 2.75) is 38.0 Å². The number of rotatable bonds is 7. The number of aryl methyl sites for hydroxylation is 1. The standard InChI is InChI=1S/C18H20N2O4S/c1-5-24-14-8-6-13(7-9-14)16(22)12(4)25-17-15(11(3)21)10(2)19-18(23)20-17/h6-9,12H,5H2,1-4H3,(H,19,20,23)/t12-/m1/s1. The van der Waals surface area contributed by atoms with Gasteiger partial charge in [0.15, 0.2) is 11.6 Å². The van der Waals surface area contributed by atoms with Crippen molar-refractivity contribution in [3.05, 3.63) is 51.6 Å². The molecule has 2 aromatic rings. The predicted octanol–water partition coefficient (Wildman–Crippen LogP) is 3.04. The van der Waals surface area contributed by atoms with Crippen LogP contribution in [0.15, 0.2) is 34.1 Å². The Morgan fingerprint density at radius 3 is 2.48 bits per heavy atom. The molecule has 0 radical (unpaired) electrons. The lowest BCUT2D eigenvalue weighted by molar-refractivity contribution is 0.0988. The highest BCUT2D eigenvalue weighted by Gasteiger charge is 2.22. The van der Waals surface area contributed by atoms with Crippen LogP contribution in [0.5, 0.6) is 5.75 Å². The van der Waals surface area contributed by atoms with E-state index in [2.05, 4.69) is 9.97 Å². The molecule has 0 amide bonds. The molecular formula is C18H20N2O4S. The minimum absolute atomic E-state index is 0.109. The predicted molar refractivity (Wildman–Crippen MR) is 96.9 cm³/mol. The smallest absolute Gasteiger partial charge is 0.346 e. The van der Waals surface area contributed by atoms with Gasteiger partial charge in [0, 0.05) is 11.3 Å². The lowest BCUT2D eigenvalue weighted by Gasteiger charge is -2.13. The van der Waals surface area contributed by atoms with Crippen LogP contribution < -0.4 is 10.4 Å². The van der Waals surface area contributed by atoms with Crippen LogP contribution in [0.1, 0.15) is 47.2 Å². The summed E-state index contributed by atoms with van der Waals surface area (Å²) in [6.45, 7) is 7.22. The summed E-state index contributed by atoms with van der Waals surface area (Å²) in [6.07, 6.45) is 0. The fourth-order valence-electron chi connectivity index (χ4n) is 2.40. The average molecular weight is 360 g/mol. The maximum Gasteiger partial charge on any atom is 0.346 e. The normalized spacial score (nSPS) is 11.8. The molecule has 0 saturated carbocycles. The molecule has 1 aromatic carbocycles. The van der Waals surface area contributed by atoms with Crippen molar-refractivity contribution in [2.75, 3.05) is 6.61 Å². The van der Waals surface area contributed by atoms with Crippen LogP contribution in [-0.4, -0.2) is 33.4 Å².